The van der Waals surface area contributed by atoms with E-state index < -0.39 is 0 Å². The van der Waals surface area contributed by atoms with Gasteiger partial charge in [0, 0.05) is 24.9 Å². The van der Waals surface area contributed by atoms with Crippen molar-refractivity contribution in [1.82, 2.24) is 4.90 Å². The van der Waals surface area contributed by atoms with Crippen LogP contribution in [0.1, 0.15) is 15.9 Å². The molecular weight excluding hydrogens is 270 g/mol. The molecule has 2 aromatic rings. The molecule has 1 aliphatic heterocycles. The highest BCUT2D eigenvalue weighted by atomic mass is 32.1. The Morgan fingerprint density at radius 2 is 2.15 bits per heavy atom. The molecule has 0 N–H and O–H groups in total. The summed E-state index contributed by atoms with van der Waals surface area (Å²) in [5, 5.41) is 3.85. The van der Waals surface area contributed by atoms with Gasteiger partial charge in [-0.2, -0.15) is 11.3 Å². The number of hydrogen-bond donors (Lipinski definition) is 0. The number of hydrogen-bond acceptors (Lipinski definition) is 3. The number of amides is 1. The van der Waals surface area contributed by atoms with Crippen molar-refractivity contribution in [3.8, 4) is 0 Å². The van der Waals surface area contributed by atoms with Crippen LogP contribution in [0.25, 0.3) is 0 Å². The highest BCUT2D eigenvalue weighted by molar-refractivity contribution is 7.08. The maximum atomic E-state index is 12.3. The summed E-state index contributed by atoms with van der Waals surface area (Å²) in [5.74, 6) is 0.118. The normalized spacial score (nSPS) is 19.0. The number of ether oxygens (including phenoxy) is 1. The zero-order valence-corrected chi connectivity index (χ0v) is 12.0. The predicted molar refractivity (Wildman–Crippen MR) is 80.1 cm³/mol. The maximum Gasteiger partial charge on any atom is 0.254 e. The minimum absolute atomic E-state index is 0.0914. The van der Waals surface area contributed by atoms with Gasteiger partial charge in [-0.3, -0.25) is 4.79 Å². The van der Waals surface area contributed by atoms with E-state index in [1.54, 1.807) is 11.3 Å². The third kappa shape index (κ3) is 3.08. The van der Waals surface area contributed by atoms with Crippen molar-refractivity contribution >= 4 is 17.2 Å². The lowest BCUT2D eigenvalue weighted by Crippen LogP contribution is -2.46. The minimum atomic E-state index is 0.0914. The molecular formula is C16H17NO2S. The molecule has 1 aromatic heterocycles. The van der Waals surface area contributed by atoms with E-state index >= 15 is 0 Å². The van der Waals surface area contributed by atoms with E-state index in [0.717, 1.165) is 12.0 Å². The molecule has 1 fully saturated rings. The lowest BCUT2D eigenvalue weighted by Gasteiger charge is -2.33. The Bertz CT molecular complexity index is 553. The molecule has 1 amide bonds. The molecule has 4 heteroatoms. The third-order valence-corrected chi connectivity index (χ3v) is 4.18. The average Bonchev–Trinajstić information content (AvgIpc) is 3.02. The number of benzene rings is 1. The molecule has 0 aliphatic carbocycles. The van der Waals surface area contributed by atoms with Crippen LogP contribution in [0.2, 0.25) is 0 Å². The fraction of sp³-hybridized carbons (Fsp3) is 0.312. The molecule has 0 radical (unpaired) electrons. The van der Waals surface area contributed by atoms with Gasteiger partial charge in [-0.15, -0.1) is 0 Å². The first-order valence-electron chi connectivity index (χ1n) is 6.80. The van der Waals surface area contributed by atoms with E-state index in [-0.39, 0.29) is 12.0 Å². The second-order valence-electron chi connectivity index (χ2n) is 4.95. The largest absolute Gasteiger partial charge is 0.374 e. The van der Waals surface area contributed by atoms with Crippen molar-refractivity contribution in [2.45, 2.75) is 12.5 Å². The van der Waals surface area contributed by atoms with Crippen LogP contribution in [0.3, 0.4) is 0 Å². The SMILES string of the molecule is O=C(c1ccsc1)N1CCO[C@H](Cc2ccccc2)C1. The second kappa shape index (κ2) is 6.20. The summed E-state index contributed by atoms with van der Waals surface area (Å²) in [6.45, 7) is 1.97. The highest BCUT2D eigenvalue weighted by Crippen LogP contribution is 2.15. The Kier molecular flexibility index (Phi) is 4.14. The van der Waals surface area contributed by atoms with Crippen molar-refractivity contribution in [3.05, 3.63) is 58.3 Å². The van der Waals surface area contributed by atoms with Crippen LogP contribution in [0, 0.1) is 0 Å². The second-order valence-corrected chi connectivity index (χ2v) is 5.73. The number of nitrogens with zero attached hydrogens (tertiary/aromatic N) is 1. The van der Waals surface area contributed by atoms with Crippen LogP contribution in [0.15, 0.2) is 47.2 Å². The quantitative estimate of drug-likeness (QED) is 0.869. The minimum Gasteiger partial charge on any atom is -0.374 e. The number of carbonyl (C=O) groups excluding carboxylic acids is 1. The fourth-order valence-electron chi connectivity index (χ4n) is 2.47. The molecule has 1 aromatic carbocycles. The van der Waals surface area contributed by atoms with E-state index in [2.05, 4.69) is 12.1 Å². The molecule has 2 heterocycles. The van der Waals surface area contributed by atoms with Gasteiger partial charge in [-0.1, -0.05) is 30.3 Å². The first-order chi connectivity index (χ1) is 9.83. The van der Waals surface area contributed by atoms with Gasteiger partial charge in [0.2, 0.25) is 0 Å². The van der Waals surface area contributed by atoms with Crippen molar-refractivity contribution in [2.75, 3.05) is 19.7 Å². The molecule has 3 rings (SSSR count). The summed E-state index contributed by atoms with van der Waals surface area (Å²) >= 11 is 1.56. The van der Waals surface area contributed by atoms with Crippen LogP contribution >= 0.6 is 11.3 Å². The molecule has 1 atom stereocenters. The topological polar surface area (TPSA) is 29.5 Å². The van der Waals surface area contributed by atoms with Crippen LogP contribution in [0.4, 0.5) is 0 Å². The molecule has 0 bridgehead atoms. The highest BCUT2D eigenvalue weighted by Gasteiger charge is 2.25. The van der Waals surface area contributed by atoms with Crippen LogP contribution < -0.4 is 0 Å². The van der Waals surface area contributed by atoms with Gasteiger partial charge < -0.3 is 9.64 Å². The zero-order valence-electron chi connectivity index (χ0n) is 11.2. The summed E-state index contributed by atoms with van der Waals surface area (Å²) in [7, 11) is 0. The predicted octanol–water partition coefficient (Wildman–Crippen LogP) is 2.83. The summed E-state index contributed by atoms with van der Waals surface area (Å²) in [6, 6.07) is 12.2. The average molecular weight is 287 g/mol. The molecule has 1 saturated heterocycles. The van der Waals surface area contributed by atoms with Crippen molar-refractivity contribution < 1.29 is 9.53 Å². The summed E-state index contributed by atoms with van der Waals surface area (Å²) in [6.07, 6.45) is 0.947. The molecule has 0 saturated carbocycles. The molecule has 104 valence electrons. The van der Waals surface area contributed by atoms with Gasteiger partial charge in [0.25, 0.3) is 5.91 Å². The Morgan fingerprint density at radius 3 is 2.90 bits per heavy atom. The zero-order chi connectivity index (χ0) is 13.8. The van der Waals surface area contributed by atoms with Gasteiger partial charge >= 0.3 is 0 Å². The summed E-state index contributed by atoms with van der Waals surface area (Å²) in [4.78, 5) is 14.2. The van der Waals surface area contributed by atoms with Gasteiger partial charge in [0.1, 0.15) is 0 Å². The van der Waals surface area contributed by atoms with Gasteiger partial charge in [0.05, 0.1) is 18.3 Å². The van der Waals surface area contributed by atoms with Crippen LogP contribution in [0.5, 0.6) is 0 Å². The van der Waals surface area contributed by atoms with Gasteiger partial charge in [-0.25, -0.2) is 0 Å². The third-order valence-electron chi connectivity index (χ3n) is 3.50. The Morgan fingerprint density at radius 1 is 1.30 bits per heavy atom. The first-order valence-corrected chi connectivity index (χ1v) is 7.74. The fourth-order valence-corrected chi connectivity index (χ4v) is 3.10. The molecule has 3 nitrogen and oxygen atoms in total. The molecule has 1 aliphatic rings. The van der Waals surface area contributed by atoms with E-state index in [9.17, 15) is 4.79 Å². The molecule has 0 unspecified atom stereocenters. The Labute approximate surface area is 122 Å². The number of carbonyl (C=O) groups is 1. The number of rotatable bonds is 3. The van der Waals surface area contributed by atoms with Gasteiger partial charge in [0.15, 0.2) is 0 Å². The van der Waals surface area contributed by atoms with E-state index in [4.69, 9.17) is 4.74 Å². The summed E-state index contributed by atoms with van der Waals surface area (Å²) in [5.41, 5.74) is 2.04. The number of thiophene rings is 1. The first kappa shape index (κ1) is 13.3. The molecule has 0 spiro atoms. The smallest absolute Gasteiger partial charge is 0.254 e. The van der Waals surface area contributed by atoms with Gasteiger partial charge in [-0.05, 0) is 17.0 Å². The van der Waals surface area contributed by atoms with Crippen molar-refractivity contribution in [3.63, 3.8) is 0 Å². The van der Waals surface area contributed by atoms with E-state index in [1.807, 2.05) is 39.9 Å². The van der Waals surface area contributed by atoms with Crippen LogP contribution in [-0.4, -0.2) is 36.6 Å². The van der Waals surface area contributed by atoms with E-state index in [1.165, 1.54) is 5.56 Å². The lowest BCUT2D eigenvalue weighted by atomic mass is 10.1. The summed E-state index contributed by atoms with van der Waals surface area (Å²) < 4.78 is 5.79. The van der Waals surface area contributed by atoms with E-state index in [0.29, 0.717) is 19.7 Å². The Hall–Kier alpha value is -1.65. The number of morpholine rings is 1. The van der Waals surface area contributed by atoms with Crippen LogP contribution in [-0.2, 0) is 11.2 Å². The molecule has 20 heavy (non-hydrogen) atoms. The monoisotopic (exact) mass is 287 g/mol. The van der Waals surface area contributed by atoms with Crippen molar-refractivity contribution in [2.24, 2.45) is 0 Å². The maximum absolute atomic E-state index is 12.3. The Balaban J connectivity index is 1.63. The standard InChI is InChI=1S/C16H17NO2S/c18-16(14-6-9-20-12-14)17-7-8-19-15(11-17)10-13-4-2-1-3-5-13/h1-6,9,12,15H,7-8,10-11H2/t15-/m1/s1. The van der Waals surface area contributed by atoms with Crippen molar-refractivity contribution in [1.29, 1.82) is 0 Å². The lowest BCUT2D eigenvalue weighted by molar-refractivity contribution is -0.0208.